The lowest BCUT2D eigenvalue weighted by Crippen LogP contribution is -2.34. The van der Waals surface area contributed by atoms with E-state index in [1.165, 1.54) is 12.0 Å². The fraction of sp³-hybridized carbons (Fsp3) is 0.333. The Hall–Kier alpha value is -1.79. The smallest absolute Gasteiger partial charge is 0.317 e. The van der Waals surface area contributed by atoms with Crippen LogP contribution in [0.4, 0.5) is 0 Å². The highest BCUT2D eigenvalue weighted by molar-refractivity contribution is 6.31. The predicted octanol–water partition coefficient (Wildman–Crippen LogP) is 1.32. The first-order valence-corrected chi connectivity index (χ1v) is 5.79. The number of benzene rings is 1. The van der Waals surface area contributed by atoms with Crippen molar-refractivity contribution in [3.8, 4) is 5.75 Å². The van der Waals surface area contributed by atoms with Crippen LogP contribution in [0.25, 0.3) is 0 Å². The summed E-state index contributed by atoms with van der Waals surface area (Å²) in [6.45, 7) is -0.692. The Bertz CT molecular complexity index is 461. The molecule has 2 N–H and O–H groups in total. The number of rotatable bonds is 7. The second-order valence-corrected chi connectivity index (χ2v) is 4.26. The summed E-state index contributed by atoms with van der Waals surface area (Å²) in [5, 5.41) is 17.9. The van der Waals surface area contributed by atoms with Crippen LogP contribution in [0.2, 0.25) is 5.02 Å². The van der Waals surface area contributed by atoms with Gasteiger partial charge in [-0.2, -0.15) is 0 Å². The molecule has 1 aromatic rings. The first kappa shape index (κ1) is 15.3. The van der Waals surface area contributed by atoms with Gasteiger partial charge >= 0.3 is 11.9 Å². The Labute approximate surface area is 115 Å². The van der Waals surface area contributed by atoms with Crippen LogP contribution in [-0.4, -0.2) is 47.3 Å². The first-order valence-electron chi connectivity index (χ1n) is 5.41. The number of nitrogens with zero attached hydrogens (tertiary/aromatic N) is 1. The molecule has 1 rings (SSSR count). The number of aliphatic carboxylic acids is 2. The Morgan fingerprint density at radius 2 is 1.84 bits per heavy atom. The van der Waals surface area contributed by atoms with E-state index in [9.17, 15) is 9.59 Å². The molecule has 0 aliphatic rings. The predicted molar refractivity (Wildman–Crippen MR) is 68.6 cm³/mol. The molecule has 0 atom stereocenters. The van der Waals surface area contributed by atoms with Gasteiger partial charge in [-0.3, -0.25) is 14.5 Å². The number of ether oxygens (including phenoxy) is 1. The molecule has 0 spiro atoms. The fourth-order valence-corrected chi connectivity index (χ4v) is 1.88. The molecule has 1 aromatic carbocycles. The topological polar surface area (TPSA) is 87.1 Å². The zero-order valence-corrected chi connectivity index (χ0v) is 11.1. The first-order chi connectivity index (χ1) is 8.93. The van der Waals surface area contributed by atoms with E-state index in [2.05, 4.69) is 0 Å². The van der Waals surface area contributed by atoms with E-state index in [0.29, 0.717) is 16.3 Å². The summed E-state index contributed by atoms with van der Waals surface area (Å²) in [5.41, 5.74) is 0.564. The molecule has 0 fully saturated rings. The fourth-order valence-electron chi connectivity index (χ4n) is 1.66. The molecule has 0 saturated carbocycles. The van der Waals surface area contributed by atoms with Gasteiger partial charge in [-0.25, -0.2) is 0 Å². The van der Waals surface area contributed by atoms with E-state index in [0.717, 1.165) is 0 Å². The summed E-state index contributed by atoms with van der Waals surface area (Å²) in [6, 6.07) is 5.02. The molecule has 0 unspecified atom stereocenters. The van der Waals surface area contributed by atoms with Crippen molar-refractivity contribution in [2.24, 2.45) is 0 Å². The van der Waals surface area contributed by atoms with E-state index in [1.807, 2.05) is 0 Å². The van der Waals surface area contributed by atoms with Crippen LogP contribution in [0.1, 0.15) is 5.56 Å². The molecule has 0 radical (unpaired) electrons. The van der Waals surface area contributed by atoms with Gasteiger partial charge in [-0.05, 0) is 12.1 Å². The summed E-state index contributed by atoms with van der Waals surface area (Å²) in [5.74, 6) is -1.71. The monoisotopic (exact) mass is 287 g/mol. The van der Waals surface area contributed by atoms with Gasteiger partial charge in [0.1, 0.15) is 5.75 Å². The molecule has 0 saturated heterocycles. The number of carboxylic acids is 2. The van der Waals surface area contributed by atoms with Gasteiger partial charge in [0.2, 0.25) is 0 Å². The van der Waals surface area contributed by atoms with Crippen LogP contribution in [0.3, 0.4) is 0 Å². The molecule has 0 amide bonds. The normalized spacial score (nSPS) is 10.5. The molecule has 0 bridgehead atoms. The highest BCUT2D eigenvalue weighted by atomic mass is 35.5. The van der Waals surface area contributed by atoms with Crippen molar-refractivity contribution in [1.82, 2.24) is 4.90 Å². The zero-order valence-electron chi connectivity index (χ0n) is 10.3. The Morgan fingerprint density at radius 3 is 2.32 bits per heavy atom. The van der Waals surface area contributed by atoms with E-state index in [-0.39, 0.29) is 19.6 Å². The minimum Gasteiger partial charge on any atom is -0.496 e. The van der Waals surface area contributed by atoms with E-state index >= 15 is 0 Å². The highest BCUT2D eigenvalue weighted by Gasteiger charge is 2.17. The summed E-state index contributed by atoms with van der Waals surface area (Å²) in [4.78, 5) is 22.7. The van der Waals surface area contributed by atoms with Gasteiger partial charge < -0.3 is 14.9 Å². The lowest BCUT2D eigenvalue weighted by molar-refractivity contribution is -0.142. The average molecular weight is 288 g/mol. The van der Waals surface area contributed by atoms with Gasteiger partial charge in [-0.1, -0.05) is 17.7 Å². The highest BCUT2D eigenvalue weighted by Crippen LogP contribution is 2.27. The van der Waals surface area contributed by atoms with Gasteiger partial charge in [0.25, 0.3) is 0 Å². The van der Waals surface area contributed by atoms with Crippen molar-refractivity contribution in [2.75, 3.05) is 20.2 Å². The summed E-state index contributed by atoms with van der Waals surface area (Å²) in [7, 11) is 1.47. The molecule has 0 aliphatic heterocycles. The maximum atomic E-state index is 10.7. The lowest BCUT2D eigenvalue weighted by atomic mass is 10.2. The number of carbonyl (C=O) groups is 2. The van der Waals surface area contributed by atoms with Crippen LogP contribution < -0.4 is 4.74 Å². The van der Waals surface area contributed by atoms with Gasteiger partial charge in [0, 0.05) is 17.1 Å². The van der Waals surface area contributed by atoms with Crippen LogP contribution in [0.15, 0.2) is 18.2 Å². The summed E-state index contributed by atoms with van der Waals surface area (Å²) in [6.07, 6.45) is 0. The van der Waals surface area contributed by atoms with Crippen LogP contribution in [-0.2, 0) is 16.1 Å². The molecule has 0 aliphatic carbocycles. The van der Waals surface area contributed by atoms with Crippen LogP contribution >= 0.6 is 11.6 Å². The molecule has 6 nitrogen and oxygen atoms in total. The maximum absolute atomic E-state index is 10.7. The average Bonchev–Trinajstić information content (AvgIpc) is 2.30. The molecule has 0 heterocycles. The number of carboxylic acid groups (broad SMARTS) is 2. The van der Waals surface area contributed by atoms with Crippen LogP contribution in [0, 0.1) is 0 Å². The Balaban J connectivity index is 2.94. The molecule has 7 heteroatoms. The van der Waals surface area contributed by atoms with E-state index < -0.39 is 11.9 Å². The van der Waals surface area contributed by atoms with Crippen molar-refractivity contribution >= 4 is 23.5 Å². The van der Waals surface area contributed by atoms with Crippen molar-refractivity contribution in [3.05, 3.63) is 28.8 Å². The quantitative estimate of drug-likeness (QED) is 0.786. The number of halogens is 1. The van der Waals surface area contributed by atoms with Crippen molar-refractivity contribution in [2.45, 2.75) is 6.54 Å². The minimum absolute atomic E-state index is 0.0848. The van der Waals surface area contributed by atoms with Crippen LogP contribution in [0.5, 0.6) is 5.75 Å². The number of hydrogen-bond acceptors (Lipinski definition) is 4. The zero-order chi connectivity index (χ0) is 14.4. The molecular formula is C12H14ClNO5. The van der Waals surface area contributed by atoms with Gasteiger partial charge in [-0.15, -0.1) is 0 Å². The number of methoxy groups -OCH3 is 1. The molecule has 0 aromatic heterocycles. The van der Waals surface area contributed by atoms with Gasteiger partial charge in [0.15, 0.2) is 0 Å². The third-order valence-corrected chi connectivity index (χ3v) is 2.75. The largest absolute Gasteiger partial charge is 0.496 e. The van der Waals surface area contributed by atoms with Crippen molar-refractivity contribution < 1.29 is 24.5 Å². The van der Waals surface area contributed by atoms with Gasteiger partial charge in [0.05, 0.1) is 20.2 Å². The lowest BCUT2D eigenvalue weighted by Gasteiger charge is -2.20. The molecule has 19 heavy (non-hydrogen) atoms. The van der Waals surface area contributed by atoms with E-state index in [1.54, 1.807) is 18.2 Å². The maximum Gasteiger partial charge on any atom is 0.317 e. The number of hydrogen-bond donors (Lipinski definition) is 2. The second kappa shape index (κ2) is 6.96. The third kappa shape index (κ3) is 4.76. The van der Waals surface area contributed by atoms with Crippen molar-refractivity contribution in [1.29, 1.82) is 0 Å². The molecule has 104 valence electrons. The standard InChI is InChI=1S/C12H14ClNO5/c1-19-10-4-2-3-9(13)8(10)5-14(6-11(15)16)7-12(17)18/h2-4H,5-7H2,1H3,(H,15,16)(H,17,18). The SMILES string of the molecule is COc1cccc(Cl)c1CN(CC(=O)O)CC(=O)O. The Morgan fingerprint density at radius 1 is 1.26 bits per heavy atom. The third-order valence-electron chi connectivity index (χ3n) is 2.40. The Kier molecular flexibility index (Phi) is 5.59. The summed E-state index contributed by atoms with van der Waals surface area (Å²) < 4.78 is 5.13. The summed E-state index contributed by atoms with van der Waals surface area (Å²) >= 11 is 6.02. The molecular weight excluding hydrogens is 274 g/mol. The second-order valence-electron chi connectivity index (χ2n) is 3.85. The minimum atomic E-state index is -1.10. The van der Waals surface area contributed by atoms with E-state index in [4.69, 9.17) is 26.6 Å². The van der Waals surface area contributed by atoms with Crippen molar-refractivity contribution in [3.63, 3.8) is 0 Å².